The van der Waals surface area contributed by atoms with Crippen molar-refractivity contribution in [1.82, 2.24) is 5.32 Å². The van der Waals surface area contributed by atoms with Gasteiger partial charge < -0.3 is 5.32 Å². The summed E-state index contributed by atoms with van der Waals surface area (Å²) in [6.07, 6.45) is 5.61. The summed E-state index contributed by atoms with van der Waals surface area (Å²) in [7, 11) is 0. The van der Waals surface area contributed by atoms with E-state index in [1.807, 2.05) is 0 Å². The molecule has 0 saturated heterocycles. The van der Waals surface area contributed by atoms with E-state index in [9.17, 15) is 14.9 Å². The second-order valence-corrected chi connectivity index (χ2v) is 5.95. The van der Waals surface area contributed by atoms with Gasteiger partial charge in [0.1, 0.15) is 0 Å². The van der Waals surface area contributed by atoms with E-state index in [1.165, 1.54) is 30.7 Å². The van der Waals surface area contributed by atoms with Gasteiger partial charge >= 0.3 is 0 Å². The Kier molecular flexibility index (Phi) is 5.17. The second-order valence-electron chi connectivity index (χ2n) is 5.68. The summed E-state index contributed by atoms with van der Waals surface area (Å²) in [5, 5.41) is 13.5. The zero-order valence-corrected chi connectivity index (χ0v) is 12.6. The summed E-state index contributed by atoms with van der Waals surface area (Å²) in [5.41, 5.74) is 0.410. The molecule has 1 aromatic carbocycles. The van der Waals surface area contributed by atoms with Crippen molar-refractivity contribution in [3.05, 3.63) is 39.9 Å². The Labute approximate surface area is 128 Å². The standard InChI is InChI=1S/C15H19ClN2O3/c16-10-15(8-2-1-3-9-15)11-17-14(19)12-4-6-13(7-5-12)18(20)21/h4-7H,1-3,8-11H2,(H,17,19). The van der Waals surface area contributed by atoms with Gasteiger partial charge in [-0.2, -0.15) is 0 Å². The van der Waals surface area contributed by atoms with Gasteiger partial charge in [-0.25, -0.2) is 0 Å². The first-order chi connectivity index (χ1) is 10.1. The quantitative estimate of drug-likeness (QED) is 0.514. The highest BCUT2D eigenvalue weighted by molar-refractivity contribution is 6.18. The highest BCUT2D eigenvalue weighted by Crippen LogP contribution is 2.36. The molecular weight excluding hydrogens is 292 g/mol. The first-order valence-electron chi connectivity index (χ1n) is 7.15. The third-order valence-electron chi connectivity index (χ3n) is 4.16. The number of nitro groups is 1. The molecule has 0 aliphatic heterocycles. The minimum atomic E-state index is -0.480. The van der Waals surface area contributed by atoms with Gasteiger partial charge in [0.05, 0.1) is 4.92 Å². The zero-order valence-electron chi connectivity index (χ0n) is 11.8. The minimum Gasteiger partial charge on any atom is -0.351 e. The van der Waals surface area contributed by atoms with Gasteiger partial charge in [-0.15, -0.1) is 11.6 Å². The lowest BCUT2D eigenvalue weighted by atomic mass is 9.75. The van der Waals surface area contributed by atoms with Crippen molar-refractivity contribution >= 4 is 23.2 Å². The van der Waals surface area contributed by atoms with Crippen molar-refractivity contribution in [2.45, 2.75) is 32.1 Å². The number of hydrogen-bond acceptors (Lipinski definition) is 3. The normalized spacial score (nSPS) is 17.2. The molecule has 0 bridgehead atoms. The average molecular weight is 311 g/mol. The van der Waals surface area contributed by atoms with E-state index in [4.69, 9.17) is 11.6 Å². The maximum atomic E-state index is 12.1. The van der Waals surface area contributed by atoms with E-state index in [0.717, 1.165) is 25.7 Å². The van der Waals surface area contributed by atoms with Crippen LogP contribution in [0, 0.1) is 15.5 Å². The molecule has 1 aliphatic carbocycles. The van der Waals surface area contributed by atoms with Gasteiger partial charge in [-0.3, -0.25) is 14.9 Å². The molecule has 0 spiro atoms. The Morgan fingerprint density at radius 2 is 1.86 bits per heavy atom. The molecule has 1 aromatic rings. The predicted octanol–water partition coefficient (Wildman–Crippen LogP) is 3.51. The van der Waals surface area contributed by atoms with E-state index in [2.05, 4.69) is 5.32 Å². The number of rotatable bonds is 5. The number of carbonyl (C=O) groups is 1. The van der Waals surface area contributed by atoms with Crippen LogP contribution in [-0.4, -0.2) is 23.3 Å². The van der Waals surface area contributed by atoms with Crippen LogP contribution < -0.4 is 5.32 Å². The summed E-state index contributed by atoms with van der Waals surface area (Å²) in [6, 6.07) is 5.63. The molecule has 1 fully saturated rings. The van der Waals surface area contributed by atoms with Crippen LogP contribution in [0.5, 0.6) is 0 Å². The first-order valence-corrected chi connectivity index (χ1v) is 7.68. The van der Waals surface area contributed by atoms with E-state index >= 15 is 0 Å². The lowest BCUT2D eigenvalue weighted by molar-refractivity contribution is -0.384. The maximum Gasteiger partial charge on any atom is 0.269 e. The largest absolute Gasteiger partial charge is 0.351 e. The third kappa shape index (κ3) is 3.94. The Balaban J connectivity index is 1.96. The van der Waals surface area contributed by atoms with Crippen LogP contribution in [0.3, 0.4) is 0 Å². The average Bonchev–Trinajstić information content (AvgIpc) is 2.53. The topological polar surface area (TPSA) is 72.2 Å². The summed E-state index contributed by atoms with van der Waals surface area (Å²) >= 11 is 6.10. The van der Waals surface area contributed by atoms with Crippen molar-refractivity contribution < 1.29 is 9.72 Å². The molecule has 0 atom stereocenters. The predicted molar refractivity (Wildman–Crippen MR) is 81.7 cm³/mol. The SMILES string of the molecule is O=C(NCC1(CCl)CCCCC1)c1ccc([N+](=O)[O-])cc1. The monoisotopic (exact) mass is 310 g/mol. The Morgan fingerprint density at radius 3 is 2.38 bits per heavy atom. The van der Waals surface area contributed by atoms with Crippen molar-refractivity contribution in [2.24, 2.45) is 5.41 Å². The van der Waals surface area contributed by atoms with Crippen LogP contribution in [0.1, 0.15) is 42.5 Å². The van der Waals surface area contributed by atoms with E-state index < -0.39 is 4.92 Å². The molecule has 114 valence electrons. The number of nitro benzene ring substituents is 1. The zero-order chi connectivity index (χ0) is 15.3. The number of nitrogens with one attached hydrogen (secondary N) is 1. The molecule has 0 aromatic heterocycles. The molecule has 1 saturated carbocycles. The molecule has 0 radical (unpaired) electrons. The number of hydrogen-bond donors (Lipinski definition) is 1. The number of halogens is 1. The molecule has 1 aliphatic rings. The second kappa shape index (κ2) is 6.89. The molecule has 2 rings (SSSR count). The molecule has 6 heteroatoms. The fraction of sp³-hybridized carbons (Fsp3) is 0.533. The van der Waals surface area contributed by atoms with Crippen LogP contribution in [-0.2, 0) is 0 Å². The Bertz CT molecular complexity index is 510. The third-order valence-corrected chi connectivity index (χ3v) is 4.73. The molecule has 0 unspecified atom stereocenters. The smallest absolute Gasteiger partial charge is 0.269 e. The number of nitrogens with zero attached hydrogens (tertiary/aromatic N) is 1. The van der Waals surface area contributed by atoms with Crippen molar-refractivity contribution in [3.8, 4) is 0 Å². The van der Waals surface area contributed by atoms with Gasteiger partial charge in [-0.1, -0.05) is 19.3 Å². The molecule has 21 heavy (non-hydrogen) atoms. The summed E-state index contributed by atoms with van der Waals surface area (Å²) in [5.74, 6) is 0.341. The maximum absolute atomic E-state index is 12.1. The molecular formula is C15H19ClN2O3. The number of alkyl halides is 1. The highest BCUT2D eigenvalue weighted by atomic mass is 35.5. The number of amides is 1. The molecule has 1 N–H and O–H groups in total. The summed E-state index contributed by atoms with van der Waals surface area (Å²) in [4.78, 5) is 22.2. The van der Waals surface area contributed by atoms with Crippen LogP contribution in [0.15, 0.2) is 24.3 Å². The highest BCUT2D eigenvalue weighted by Gasteiger charge is 2.31. The van der Waals surface area contributed by atoms with Crippen LogP contribution in [0.25, 0.3) is 0 Å². The van der Waals surface area contributed by atoms with Gasteiger partial charge in [-0.05, 0) is 25.0 Å². The van der Waals surface area contributed by atoms with Gasteiger partial charge in [0.15, 0.2) is 0 Å². The first kappa shape index (κ1) is 15.8. The van der Waals surface area contributed by atoms with Crippen molar-refractivity contribution in [1.29, 1.82) is 0 Å². The fourth-order valence-corrected chi connectivity index (χ4v) is 3.13. The molecule has 0 heterocycles. The van der Waals surface area contributed by atoms with Gasteiger partial charge in [0.2, 0.25) is 0 Å². The molecule has 5 nitrogen and oxygen atoms in total. The fourth-order valence-electron chi connectivity index (χ4n) is 2.76. The summed E-state index contributed by atoms with van der Waals surface area (Å²) in [6.45, 7) is 0.562. The lowest BCUT2D eigenvalue weighted by Gasteiger charge is -2.35. The van der Waals surface area contributed by atoms with Crippen LogP contribution in [0.2, 0.25) is 0 Å². The molecule has 1 amide bonds. The van der Waals surface area contributed by atoms with E-state index in [-0.39, 0.29) is 17.0 Å². The summed E-state index contributed by atoms with van der Waals surface area (Å²) < 4.78 is 0. The Morgan fingerprint density at radius 1 is 1.24 bits per heavy atom. The lowest BCUT2D eigenvalue weighted by Crippen LogP contribution is -2.40. The number of carbonyl (C=O) groups excluding carboxylic acids is 1. The van der Waals surface area contributed by atoms with Crippen molar-refractivity contribution in [2.75, 3.05) is 12.4 Å². The van der Waals surface area contributed by atoms with Crippen LogP contribution >= 0.6 is 11.6 Å². The minimum absolute atomic E-state index is 0.00373. The van der Waals surface area contributed by atoms with E-state index in [0.29, 0.717) is 18.0 Å². The number of non-ortho nitro benzene ring substituents is 1. The van der Waals surface area contributed by atoms with Crippen molar-refractivity contribution in [3.63, 3.8) is 0 Å². The number of benzene rings is 1. The van der Waals surface area contributed by atoms with Gasteiger partial charge in [0.25, 0.3) is 11.6 Å². The van der Waals surface area contributed by atoms with Gasteiger partial charge in [0, 0.05) is 35.5 Å². The Hall–Kier alpha value is -1.62. The van der Waals surface area contributed by atoms with E-state index in [1.54, 1.807) is 0 Å². The van der Waals surface area contributed by atoms with Crippen LogP contribution in [0.4, 0.5) is 5.69 Å².